The summed E-state index contributed by atoms with van der Waals surface area (Å²) in [5, 5.41) is 19.3. The molecule has 0 aromatic heterocycles. The van der Waals surface area contributed by atoms with Gasteiger partial charge in [0.2, 0.25) is 0 Å². The van der Waals surface area contributed by atoms with Crippen LogP contribution in [-0.2, 0) is 0 Å². The second kappa shape index (κ2) is 8.86. The summed E-state index contributed by atoms with van der Waals surface area (Å²) in [4.78, 5) is 4.73. The van der Waals surface area contributed by atoms with Crippen LogP contribution in [0.2, 0.25) is 0 Å². The van der Waals surface area contributed by atoms with E-state index < -0.39 is 6.10 Å². The second-order valence-electron chi connectivity index (χ2n) is 5.62. The fraction of sp³-hybridized carbons (Fsp3) is 0.625. The highest BCUT2D eigenvalue weighted by Crippen LogP contribution is 2.20. The quantitative estimate of drug-likeness (QED) is 0.816. The molecule has 1 atom stereocenters. The van der Waals surface area contributed by atoms with Crippen LogP contribution in [0.25, 0.3) is 0 Å². The van der Waals surface area contributed by atoms with Crippen LogP contribution < -0.4 is 0 Å². The third kappa shape index (κ3) is 5.68. The number of halogens is 1. The molecule has 0 spiro atoms. The molecule has 0 radical (unpaired) electrons. The van der Waals surface area contributed by atoms with E-state index in [4.69, 9.17) is 5.11 Å². The molecule has 1 aliphatic rings. The number of β-amino-alcohol motifs (C(OH)–C–C–N with tert-alkyl or cyclic N) is 1. The predicted octanol–water partition coefficient (Wildman–Crippen LogP) is 1.87. The first-order valence-corrected chi connectivity index (χ1v) is 8.47. The fourth-order valence-corrected chi connectivity index (χ4v) is 3.03. The van der Waals surface area contributed by atoms with Crippen molar-refractivity contribution in [1.82, 2.24) is 9.80 Å². The van der Waals surface area contributed by atoms with Gasteiger partial charge in [-0.2, -0.15) is 0 Å². The van der Waals surface area contributed by atoms with Gasteiger partial charge >= 0.3 is 0 Å². The van der Waals surface area contributed by atoms with Gasteiger partial charge in [-0.25, -0.2) is 0 Å². The molecule has 0 saturated carbocycles. The maximum absolute atomic E-state index is 10.3. The lowest BCUT2D eigenvalue weighted by molar-refractivity contribution is 0.141. The van der Waals surface area contributed by atoms with Gasteiger partial charge in [0.25, 0.3) is 0 Å². The molecule has 1 aromatic rings. The Morgan fingerprint density at radius 1 is 1.00 bits per heavy atom. The van der Waals surface area contributed by atoms with Crippen molar-refractivity contribution < 1.29 is 10.2 Å². The molecule has 0 bridgehead atoms. The molecule has 5 heteroatoms. The van der Waals surface area contributed by atoms with Crippen molar-refractivity contribution >= 4 is 15.9 Å². The van der Waals surface area contributed by atoms with Crippen molar-refractivity contribution in [3.63, 3.8) is 0 Å². The zero-order chi connectivity index (χ0) is 15.1. The maximum atomic E-state index is 10.3. The standard InChI is InChI=1S/C16H25BrN2O2/c17-15-4-2-14(3-5-15)16(21)6-9-18-7-1-8-19(11-10-18)12-13-20/h2-5,16,20-21H,1,6-13H2. The van der Waals surface area contributed by atoms with Gasteiger partial charge in [-0.05, 0) is 43.6 Å². The Morgan fingerprint density at radius 2 is 1.62 bits per heavy atom. The summed E-state index contributed by atoms with van der Waals surface area (Å²) in [5.41, 5.74) is 0.981. The summed E-state index contributed by atoms with van der Waals surface area (Å²) in [7, 11) is 0. The Bertz CT molecular complexity index is 413. The van der Waals surface area contributed by atoms with Crippen molar-refractivity contribution in [1.29, 1.82) is 0 Å². The molecule has 21 heavy (non-hydrogen) atoms. The molecule has 1 saturated heterocycles. The van der Waals surface area contributed by atoms with Gasteiger partial charge in [-0.15, -0.1) is 0 Å². The molecular weight excluding hydrogens is 332 g/mol. The summed E-state index contributed by atoms with van der Waals surface area (Å²) in [6.45, 7) is 6.10. The highest BCUT2D eigenvalue weighted by Gasteiger charge is 2.16. The summed E-state index contributed by atoms with van der Waals surface area (Å²) in [6.07, 6.45) is 1.51. The average molecular weight is 357 g/mol. The molecule has 0 aliphatic carbocycles. The van der Waals surface area contributed by atoms with E-state index >= 15 is 0 Å². The minimum absolute atomic E-state index is 0.238. The Morgan fingerprint density at radius 3 is 2.24 bits per heavy atom. The first kappa shape index (κ1) is 16.9. The largest absolute Gasteiger partial charge is 0.395 e. The summed E-state index contributed by atoms with van der Waals surface area (Å²) in [5.74, 6) is 0. The fourth-order valence-electron chi connectivity index (χ4n) is 2.77. The molecule has 2 rings (SSSR count). The molecule has 1 heterocycles. The molecule has 1 unspecified atom stereocenters. The number of aliphatic hydroxyl groups excluding tert-OH is 2. The predicted molar refractivity (Wildman–Crippen MR) is 88.3 cm³/mol. The lowest BCUT2D eigenvalue weighted by Crippen LogP contribution is -2.33. The van der Waals surface area contributed by atoms with Gasteiger partial charge in [0.15, 0.2) is 0 Å². The Balaban J connectivity index is 1.76. The smallest absolute Gasteiger partial charge is 0.0802 e. The van der Waals surface area contributed by atoms with E-state index in [0.29, 0.717) is 0 Å². The van der Waals surface area contributed by atoms with Crippen molar-refractivity contribution in [2.75, 3.05) is 45.9 Å². The molecule has 0 amide bonds. The zero-order valence-electron chi connectivity index (χ0n) is 12.4. The molecular formula is C16H25BrN2O2. The van der Waals surface area contributed by atoms with Crippen LogP contribution in [0, 0.1) is 0 Å². The molecule has 4 nitrogen and oxygen atoms in total. The van der Waals surface area contributed by atoms with E-state index in [1.54, 1.807) is 0 Å². The highest BCUT2D eigenvalue weighted by atomic mass is 79.9. The number of hydrogen-bond donors (Lipinski definition) is 2. The summed E-state index contributed by atoms with van der Waals surface area (Å²) in [6, 6.07) is 7.88. The first-order valence-electron chi connectivity index (χ1n) is 7.68. The Labute approximate surface area is 135 Å². The van der Waals surface area contributed by atoms with Crippen LogP contribution in [0.15, 0.2) is 28.7 Å². The maximum Gasteiger partial charge on any atom is 0.0802 e. The lowest BCUT2D eigenvalue weighted by atomic mass is 10.1. The normalized spacial score (nSPS) is 19.4. The van der Waals surface area contributed by atoms with E-state index in [2.05, 4.69) is 25.7 Å². The van der Waals surface area contributed by atoms with Gasteiger partial charge in [-0.1, -0.05) is 28.1 Å². The SMILES string of the molecule is OCCN1CCCN(CCC(O)c2ccc(Br)cc2)CC1. The van der Waals surface area contributed by atoms with Crippen LogP contribution in [0.4, 0.5) is 0 Å². The van der Waals surface area contributed by atoms with Crippen molar-refractivity contribution in [2.45, 2.75) is 18.9 Å². The monoisotopic (exact) mass is 356 g/mol. The van der Waals surface area contributed by atoms with Crippen LogP contribution in [0.3, 0.4) is 0 Å². The van der Waals surface area contributed by atoms with Crippen molar-refractivity contribution in [3.05, 3.63) is 34.3 Å². The number of rotatable bonds is 6. The number of nitrogens with zero attached hydrogens (tertiary/aromatic N) is 2. The first-order chi connectivity index (χ1) is 10.2. The van der Waals surface area contributed by atoms with Crippen LogP contribution in [0.5, 0.6) is 0 Å². The number of hydrogen-bond acceptors (Lipinski definition) is 4. The van der Waals surface area contributed by atoms with Crippen molar-refractivity contribution in [3.8, 4) is 0 Å². The van der Waals surface area contributed by atoms with Gasteiger partial charge in [0.05, 0.1) is 12.7 Å². The van der Waals surface area contributed by atoms with Gasteiger partial charge < -0.3 is 15.1 Å². The van der Waals surface area contributed by atoms with E-state index in [1.165, 1.54) is 0 Å². The molecule has 1 aliphatic heterocycles. The minimum Gasteiger partial charge on any atom is -0.395 e. The van der Waals surface area contributed by atoms with E-state index in [1.807, 2.05) is 24.3 Å². The van der Waals surface area contributed by atoms with E-state index in [-0.39, 0.29) is 6.61 Å². The minimum atomic E-state index is -0.394. The third-order valence-electron chi connectivity index (χ3n) is 4.07. The van der Waals surface area contributed by atoms with E-state index in [0.717, 1.165) is 62.1 Å². The molecule has 2 N–H and O–H groups in total. The van der Waals surface area contributed by atoms with Crippen LogP contribution in [-0.4, -0.2) is 65.9 Å². The zero-order valence-corrected chi connectivity index (χ0v) is 14.0. The lowest BCUT2D eigenvalue weighted by Gasteiger charge is -2.22. The topological polar surface area (TPSA) is 46.9 Å². The van der Waals surface area contributed by atoms with Crippen molar-refractivity contribution in [2.24, 2.45) is 0 Å². The summed E-state index contributed by atoms with van der Waals surface area (Å²) < 4.78 is 1.04. The summed E-state index contributed by atoms with van der Waals surface area (Å²) >= 11 is 3.41. The van der Waals surface area contributed by atoms with Gasteiger partial charge in [0.1, 0.15) is 0 Å². The third-order valence-corrected chi connectivity index (χ3v) is 4.60. The highest BCUT2D eigenvalue weighted by molar-refractivity contribution is 9.10. The molecule has 1 fully saturated rings. The Hall–Kier alpha value is -0.460. The number of aliphatic hydroxyl groups is 2. The van der Waals surface area contributed by atoms with Crippen LogP contribution >= 0.6 is 15.9 Å². The average Bonchev–Trinajstić information content (AvgIpc) is 2.71. The second-order valence-corrected chi connectivity index (χ2v) is 6.53. The van der Waals surface area contributed by atoms with E-state index in [9.17, 15) is 5.11 Å². The van der Waals surface area contributed by atoms with Crippen LogP contribution in [0.1, 0.15) is 24.5 Å². The van der Waals surface area contributed by atoms with Gasteiger partial charge in [0, 0.05) is 30.7 Å². The Kier molecular flexibility index (Phi) is 7.13. The molecule has 1 aromatic carbocycles. The van der Waals surface area contributed by atoms with Gasteiger partial charge in [-0.3, -0.25) is 4.90 Å². The number of benzene rings is 1. The molecule has 118 valence electrons.